The molecule has 126 valence electrons. The number of amides is 1. The van der Waals surface area contributed by atoms with Crippen LogP contribution in [0.25, 0.3) is 0 Å². The molecule has 0 spiro atoms. The van der Waals surface area contributed by atoms with E-state index >= 15 is 0 Å². The van der Waals surface area contributed by atoms with Crippen LogP contribution in [-0.2, 0) is 9.53 Å². The highest BCUT2D eigenvalue weighted by molar-refractivity contribution is 5.77. The Bertz CT molecular complexity index is 245. The number of rotatable bonds is 14. The Hall–Kier alpha value is -0.610. The molecule has 0 aliphatic heterocycles. The molecule has 4 heteroatoms. The molecule has 0 rings (SSSR count). The number of ether oxygens (including phenoxy) is 1. The van der Waals surface area contributed by atoms with E-state index in [1.54, 1.807) is 0 Å². The maximum absolute atomic E-state index is 11.5. The zero-order valence-corrected chi connectivity index (χ0v) is 14.5. The lowest BCUT2D eigenvalue weighted by atomic mass is 10.1. The Kier molecular flexibility index (Phi) is 13.9. The van der Waals surface area contributed by atoms with Gasteiger partial charge in [-0.3, -0.25) is 4.79 Å². The monoisotopic (exact) mass is 300 g/mol. The van der Waals surface area contributed by atoms with E-state index in [1.807, 2.05) is 6.92 Å². The summed E-state index contributed by atoms with van der Waals surface area (Å²) in [6.45, 7) is 10.5. The third kappa shape index (κ3) is 15.6. The smallest absolute Gasteiger partial charge is 0.246 e. The van der Waals surface area contributed by atoms with E-state index < -0.39 is 0 Å². The van der Waals surface area contributed by atoms with Crippen LogP contribution in [-0.4, -0.2) is 37.7 Å². The van der Waals surface area contributed by atoms with Crippen LogP contribution in [0.2, 0.25) is 0 Å². The first-order valence-corrected chi connectivity index (χ1v) is 8.68. The second-order valence-corrected chi connectivity index (χ2v) is 6.11. The molecule has 1 unspecified atom stereocenters. The fourth-order valence-electron chi connectivity index (χ4n) is 1.96. The second-order valence-electron chi connectivity index (χ2n) is 6.11. The van der Waals surface area contributed by atoms with Crippen molar-refractivity contribution >= 4 is 5.91 Å². The molecule has 1 atom stereocenters. The number of hydrogen-bond acceptors (Lipinski definition) is 3. The van der Waals surface area contributed by atoms with Crippen molar-refractivity contribution in [2.75, 3.05) is 19.7 Å². The lowest BCUT2D eigenvalue weighted by Crippen LogP contribution is -2.29. The molecule has 0 aromatic carbocycles. The van der Waals surface area contributed by atoms with Gasteiger partial charge in [-0.15, -0.1) is 0 Å². The van der Waals surface area contributed by atoms with E-state index in [0.717, 1.165) is 25.9 Å². The molecule has 4 nitrogen and oxygen atoms in total. The predicted molar refractivity (Wildman–Crippen MR) is 89.6 cm³/mol. The second kappa shape index (κ2) is 14.3. The van der Waals surface area contributed by atoms with E-state index in [0.29, 0.717) is 6.04 Å². The predicted octanol–water partition coefficient (Wildman–Crippen LogP) is 3.26. The highest BCUT2D eigenvalue weighted by Gasteiger charge is 2.04. The van der Waals surface area contributed by atoms with Crippen LogP contribution < -0.4 is 10.6 Å². The van der Waals surface area contributed by atoms with E-state index in [4.69, 9.17) is 4.74 Å². The molecule has 2 N–H and O–H groups in total. The first-order valence-electron chi connectivity index (χ1n) is 8.68. The minimum absolute atomic E-state index is 0.00931. The zero-order valence-electron chi connectivity index (χ0n) is 14.5. The van der Waals surface area contributed by atoms with Gasteiger partial charge in [-0.25, -0.2) is 0 Å². The number of unbranched alkanes of at least 4 members (excludes halogenated alkanes) is 5. The quantitative estimate of drug-likeness (QED) is 0.484. The molecule has 0 saturated heterocycles. The average molecular weight is 300 g/mol. The maximum atomic E-state index is 11.5. The number of hydrogen-bond donors (Lipinski definition) is 2. The molecular weight excluding hydrogens is 264 g/mol. The van der Waals surface area contributed by atoms with Gasteiger partial charge >= 0.3 is 0 Å². The average Bonchev–Trinajstić information content (AvgIpc) is 2.46. The van der Waals surface area contributed by atoms with Crippen molar-refractivity contribution < 1.29 is 9.53 Å². The zero-order chi connectivity index (χ0) is 15.9. The first kappa shape index (κ1) is 20.4. The summed E-state index contributed by atoms with van der Waals surface area (Å²) in [6, 6.07) is 0.595. The van der Waals surface area contributed by atoms with Gasteiger partial charge in [0.15, 0.2) is 0 Å². The molecule has 0 aliphatic carbocycles. The molecule has 0 bridgehead atoms. The molecule has 0 aromatic heterocycles. The molecule has 21 heavy (non-hydrogen) atoms. The van der Waals surface area contributed by atoms with Crippen LogP contribution >= 0.6 is 0 Å². The normalized spacial score (nSPS) is 12.6. The molecule has 0 aliphatic rings. The van der Waals surface area contributed by atoms with Gasteiger partial charge in [0.2, 0.25) is 5.91 Å². The van der Waals surface area contributed by atoms with Gasteiger partial charge in [-0.05, 0) is 32.7 Å². The number of nitrogens with one attached hydrogen (secondary N) is 2. The summed E-state index contributed by atoms with van der Waals surface area (Å²) in [5.74, 6) is 0.00931. The van der Waals surface area contributed by atoms with Crippen LogP contribution in [0.15, 0.2) is 0 Å². The molecule has 0 aromatic rings. The summed E-state index contributed by atoms with van der Waals surface area (Å²) in [5.41, 5.74) is 0. The molecule has 0 radical (unpaired) electrons. The van der Waals surface area contributed by atoms with E-state index in [2.05, 4.69) is 31.4 Å². The van der Waals surface area contributed by atoms with Crippen LogP contribution in [0.3, 0.4) is 0 Å². The summed E-state index contributed by atoms with van der Waals surface area (Å²) in [7, 11) is 0. The summed E-state index contributed by atoms with van der Waals surface area (Å²) in [4.78, 5) is 11.5. The molecule has 1 amide bonds. The minimum atomic E-state index is 0.00931. The topological polar surface area (TPSA) is 50.4 Å². The van der Waals surface area contributed by atoms with Crippen molar-refractivity contribution in [1.82, 2.24) is 10.6 Å². The van der Waals surface area contributed by atoms with Gasteiger partial charge in [0.1, 0.15) is 6.61 Å². The Balaban J connectivity index is 3.19. The highest BCUT2D eigenvalue weighted by Crippen LogP contribution is 2.04. The molecule has 0 saturated carbocycles. The third-order valence-corrected chi connectivity index (χ3v) is 3.55. The van der Waals surface area contributed by atoms with E-state index in [-0.39, 0.29) is 18.6 Å². The number of carbonyl (C=O) groups is 1. The van der Waals surface area contributed by atoms with Crippen LogP contribution in [0.5, 0.6) is 0 Å². The van der Waals surface area contributed by atoms with Gasteiger partial charge < -0.3 is 15.4 Å². The number of carbonyl (C=O) groups excluding carboxylic acids is 1. The minimum Gasteiger partial charge on any atom is -0.369 e. The van der Waals surface area contributed by atoms with Crippen molar-refractivity contribution in [2.45, 2.75) is 84.8 Å². The van der Waals surface area contributed by atoms with Gasteiger partial charge in [-0.1, -0.05) is 46.5 Å². The largest absolute Gasteiger partial charge is 0.369 e. The van der Waals surface area contributed by atoms with Crippen molar-refractivity contribution in [2.24, 2.45) is 0 Å². The SMILES string of the molecule is CCC(C)OCC(=O)NCCCCCCCCNC(C)C. The first-order chi connectivity index (χ1) is 10.1. The van der Waals surface area contributed by atoms with Crippen LogP contribution in [0.1, 0.15) is 72.6 Å². The Labute approximate surface area is 131 Å². The van der Waals surface area contributed by atoms with Gasteiger partial charge in [-0.2, -0.15) is 0 Å². The lowest BCUT2D eigenvalue weighted by Gasteiger charge is -2.10. The van der Waals surface area contributed by atoms with Gasteiger partial charge in [0.25, 0.3) is 0 Å². The van der Waals surface area contributed by atoms with Gasteiger partial charge in [0.05, 0.1) is 6.10 Å². The Morgan fingerprint density at radius 1 is 0.952 bits per heavy atom. The Morgan fingerprint density at radius 3 is 2.10 bits per heavy atom. The lowest BCUT2D eigenvalue weighted by molar-refractivity contribution is -0.127. The summed E-state index contributed by atoms with van der Waals surface area (Å²) in [5, 5.41) is 6.35. The Morgan fingerprint density at radius 2 is 1.52 bits per heavy atom. The standard InChI is InChI=1S/C17H36N2O2/c1-5-16(4)21-14-17(20)19-13-11-9-7-6-8-10-12-18-15(2)3/h15-16,18H,5-14H2,1-4H3,(H,19,20). The summed E-state index contributed by atoms with van der Waals surface area (Å²) in [6.07, 6.45) is 8.51. The molecule has 0 fully saturated rings. The van der Waals surface area contributed by atoms with E-state index in [9.17, 15) is 4.79 Å². The fraction of sp³-hybridized carbons (Fsp3) is 0.941. The molecule has 0 heterocycles. The summed E-state index contributed by atoms with van der Waals surface area (Å²) >= 11 is 0. The van der Waals surface area contributed by atoms with Crippen LogP contribution in [0.4, 0.5) is 0 Å². The van der Waals surface area contributed by atoms with Crippen LogP contribution in [0, 0.1) is 0 Å². The highest BCUT2D eigenvalue weighted by atomic mass is 16.5. The molecular formula is C17H36N2O2. The fourth-order valence-corrected chi connectivity index (χ4v) is 1.96. The van der Waals surface area contributed by atoms with Crippen molar-refractivity contribution in [3.8, 4) is 0 Å². The summed E-state index contributed by atoms with van der Waals surface area (Å²) < 4.78 is 5.38. The van der Waals surface area contributed by atoms with Crippen molar-refractivity contribution in [3.05, 3.63) is 0 Å². The van der Waals surface area contributed by atoms with E-state index in [1.165, 1.54) is 32.1 Å². The third-order valence-electron chi connectivity index (χ3n) is 3.55. The van der Waals surface area contributed by atoms with Crippen molar-refractivity contribution in [1.29, 1.82) is 0 Å². The van der Waals surface area contributed by atoms with Gasteiger partial charge in [0, 0.05) is 12.6 Å². The maximum Gasteiger partial charge on any atom is 0.246 e. The van der Waals surface area contributed by atoms with Crippen molar-refractivity contribution in [3.63, 3.8) is 0 Å².